The summed E-state index contributed by atoms with van der Waals surface area (Å²) in [6, 6.07) is 23.6. The molecule has 2 heteroatoms. The maximum absolute atomic E-state index is 9.68. The fourth-order valence-electron chi connectivity index (χ4n) is 2.69. The number of hydrogen-bond donors (Lipinski definition) is 2. The number of aromatic hydroxyl groups is 1. The SMILES string of the molecule is OCCc1cc(-c2ccccc2)ccc1-c1cccc(O)c1. The van der Waals surface area contributed by atoms with Gasteiger partial charge in [0.15, 0.2) is 0 Å². The van der Waals surface area contributed by atoms with Crippen molar-refractivity contribution in [3.63, 3.8) is 0 Å². The van der Waals surface area contributed by atoms with Gasteiger partial charge in [-0.2, -0.15) is 0 Å². The van der Waals surface area contributed by atoms with Gasteiger partial charge in [-0.15, -0.1) is 0 Å². The zero-order chi connectivity index (χ0) is 15.4. The zero-order valence-corrected chi connectivity index (χ0v) is 12.2. The quantitative estimate of drug-likeness (QED) is 0.753. The molecule has 22 heavy (non-hydrogen) atoms. The van der Waals surface area contributed by atoms with Gasteiger partial charge in [-0.25, -0.2) is 0 Å². The molecular weight excluding hydrogens is 272 g/mol. The Bertz CT molecular complexity index is 764. The van der Waals surface area contributed by atoms with Crippen molar-refractivity contribution < 1.29 is 10.2 Å². The lowest BCUT2D eigenvalue weighted by Gasteiger charge is -2.12. The number of phenols is 1. The second-order valence-electron chi connectivity index (χ2n) is 5.26. The molecule has 110 valence electrons. The molecule has 0 saturated carbocycles. The summed E-state index contributed by atoms with van der Waals surface area (Å²) in [5, 5.41) is 19.0. The van der Waals surface area contributed by atoms with Crippen LogP contribution in [0.4, 0.5) is 0 Å². The van der Waals surface area contributed by atoms with Crippen molar-refractivity contribution in [1.29, 1.82) is 0 Å². The molecule has 0 atom stereocenters. The van der Waals surface area contributed by atoms with Crippen LogP contribution in [0.1, 0.15) is 5.56 Å². The highest BCUT2D eigenvalue weighted by atomic mass is 16.3. The van der Waals surface area contributed by atoms with Crippen LogP contribution in [0.25, 0.3) is 22.3 Å². The van der Waals surface area contributed by atoms with Crippen molar-refractivity contribution in [3.05, 3.63) is 78.4 Å². The minimum Gasteiger partial charge on any atom is -0.508 e. The average molecular weight is 290 g/mol. The lowest BCUT2D eigenvalue weighted by molar-refractivity contribution is 0.300. The molecule has 2 nitrogen and oxygen atoms in total. The van der Waals surface area contributed by atoms with Gasteiger partial charge in [0, 0.05) is 6.61 Å². The fraction of sp³-hybridized carbons (Fsp3) is 0.100. The molecule has 3 aromatic rings. The van der Waals surface area contributed by atoms with E-state index in [0.29, 0.717) is 6.42 Å². The van der Waals surface area contributed by atoms with Gasteiger partial charge in [0.05, 0.1) is 0 Å². The molecular formula is C20H18O2. The van der Waals surface area contributed by atoms with Crippen LogP contribution in [0.3, 0.4) is 0 Å². The molecule has 0 aliphatic heterocycles. The minimum absolute atomic E-state index is 0.101. The average Bonchev–Trinajstić information content (AvgIpc) is 2.56. The van der Waals surface area contributed by atoms with E-state index >= 15 is 0 Å². The summed E-state index contributed by atoms with van der Waals surface area (Å²) in [5.41, 5.74) is 5.37. The topological polar surface area (TPSA) is 40.5 Å². The Kier molecular flexibility index (Phi) is 4.22. The molecule has 0 radical (unpaired) electrons. The van der Waals surface area contributed by atoms with E-state index in [4.69, 9.17) is 0 Å². The lowest BCUT2D eigenvalue weighted by atomic mass is 9.93. The number of phenolic OH excluding ortho intramolecular Hbond substituents is 1. The van der Waals surface area contributed by atoms with E-state index in [1.807, 2.05) is 30.3 Å². The predicted molar refractivity (Wildman–Crippen MR) is 89.8 cm³/mol. The highest BCUT2D eigenvalue weighted by molar-refractivity contribution is 5.74. The van der Waals surface area contributed by atoms with E-state index in [9.17, 15) is 10.2 Å². The summed E-state index contributed by atoms with van der Waals surface area (Å²) in [6.07, 6.45) is 0.589. The molecule has 3 rings (SSSR count). The molecule has 0 amide bonds. The van der Waals surface area contributed by atoms with Crippen LogP contribution in [0.5, 0.6) is 5.75 Å². The van der Waals surface area contributed by atoms with Crippen LogP contribution in [0.2, 0.25) is 0 Å². The Morgan fingerprint density at radius 3 is 2.18 bits per heavy atom. The molecule has 2 N–H and O–H groups in total. The van der Waals surface area contributed by atoms with Gasteiger partial charge in [0.1, 0.15) is 5.75 Å². The zero-order valence-electron chi connectivity index (χ0n) is 12.2. The predicted octanol–water partition coefficient (Wildman–Crippen LogP) is 4.26. The first-order chi connectivity index (χ1) is 10.8. The van der Waals surface area contributed by atoms with Gasteiger partial charge >= 0.3 is 0 Å². The van der Waals surface area contributed by atoms with Crippen molar-refractivity contribution in [1.82, 2.24) is 0 Å². The summed E-state index contributed by atoms with van der Waals surface area (Å²) < 4.78 is 0. The van der Waals surface area contributed by atoms with Gasteiger partial charge < -0.3 is 10.2 Å². The Morgan fingerprint density at radius 1 is 0.682 bits per heavy atom. The third-order valence-corrected chi connectivity index (χ3v) is 3.75. The van der Waals surface area contributed by atoms with Crippen molar-refractivity contribution in [2.45, 2.75) is 6.42 Å². The lowest BCUT2D eigenvalue weighted by Crippen LogP contribution is -1.95. The van der Waals surface area contributed by atoms with Crippen LogP contribution in [0, 0.1) is 0 Å². The Hall–Kier alpha value is -2.58. The molecule has 0 aliphatic rings. The van der Waals surface area contributed by atoms with Gasteiger partial charge in [-0.05, 0) is 46.4 Å². The highest BCUT2D eigenvalue weighted by Gasteiger charge is 2.08. The van der Waals surface area contributed by atoms with Crippen molar-refractivity contribution in [3.8, 4) is 28.0 Å². The minimum atomic E-state index is 0.101. The number of benzene rings is 3. The summed E-state index contributed by atoms with van der Waals surface area (Å²) in [6.45, 7) is 0.101. The summed E-state index contributed by atoms with van der Waals surface area (Å²) in [7, 11) is 0. The van der Waals surface area contributed by atoms with Gasteiger partial charge in [-0.3, -0.25) is 0 Å². The van der Waals surface area contributed by atoms with Crippen LogP contribution < -0.4 is 0 Å². The van der Waals surface area contributed by atoms with Crippen LogP contribution in [-0.2, 0) is 6.42 Å². The first kappa shape index (κ1) is 14.4. The number of rotatable bonds is 4. The van der Waals surface area contributed by atoms with Crippen molar-refractivity contribution in [2.75, 3.05) is 6.61 Å². The van der Waals surface area contributed by atoms with Crippen molar-refractivity contribution >= 4 is 0 Å². The maximum atomic E-state index is 9.68. The molecule has 0 spiro atoms. The molecule has 0 fully saturated rings. The number of hydrogen-bond acceptors (Lipinski definition) is 2. The largest absolute Gasteiger partial charge is 0.508 e. The molecule has 3 aromatic carbocycles. The summed E-state index contributed by atoms with van der Waals surface area (Å²) >= 11 is 0. The van der Waals surface area contributed by atoms with Crippen LogP contribution in [0.15, 0.2) is 72.8 Å². The molecule has 0 aliphatic carbocycles. The fourth-order valence-corrected chi connectivity index (χ4v) is 2.69. The van der Waals surface area contributed by atoms with Crippen LogP contribution >= 0.6 is 0 Å². The van der Waals surface area contributed by atoms with E-state index in [2.05, 4.69) is 30.3 Å². The summed E-state index contributed by atoms with van der Waals surface area (Å²) in [5.74, 6) is 0.250. The van der Waals surface area contributed by atoms with Gasteiger partial charge in [0.25, 0.3) is 0 Å². The Labute approximate surface area is 130 Å². The molecule has 0 aromatic heterocycles. The third-order valence-electron chi connectivity index (χ3n) is 3.75. The second kappa shape index (κ2) is 6.46. The van der Waals surface area contributed by atoms with Gasteiger partial charge in [-0.1, -0.05) is 60.7 Å². The van der Waals surface area contributed by atoms with Crippen molar-refractivity contribution in [2.24, 2.45) is 0 Å². The molecule has 0 bridgehead atoms. The highest BCUT2D eigenvalue weighted by Crippen LogP contribution is 2.30. The van der Waals surface area contributed by atoms with E-state index in [1.54, 1.807) is 12.1 Å². The molecule has 0 heterocycles. The van der Waals surface area contributed by atoms with E-state index < -0.39 is 0 Å². The van der Waals surface area contributed by atoms with E-state index in [0.717, 1.165) is 27.8 Å². The first-order valence-electron chi connectivity index (χ1n) is 7.36. The monoisotopic (exact) mass is 290 g/mol. The third kappa shape index (κ3) is 3.02. The van der Waals surface area contributed by atoms with E-state index in [-0.39, 0.29) is 12.4 Å². The maximum Gasteiger partial charge on any atom is 0.116 e. The Balaban J connectivity index is 2.08. The van der Waals surface area contributed by atoms with Crippen LogP contribution in [-0.4, -0.2) is 16.8 Å². The smallest absolute Gasteiger partial charge is 0.116 e. The van der Waals surface area contributed by atoms with Gasteiger partial charge in [0.2, 0.25) is 0 Å². The number of aliphatic hydroxyl groups excluding tert-OH is 1. The second-order valence-corrected chi connectivity index (χ2v) is 5.26. The standard InChI is InChI=1S/C20H18O2/c21-12-11-18-13-16(15-5-2-1-3-6-15)9-10-20(18)17-7-4-8-19(22)14-17/h1-10,13-14,21-22H,11-12H2. The van der Waals surface area contributed by atoms with E-state index in [1.165, 1.54) is 0 Å². The normalized spacial score (nSPS) is 10.6. The Morgan fingerprint density at radius 2 is 1.45 bits per heavy atom. The first-order valence-corrected chi connectivity index (χ1v) is 7.36. The number of aliphatic hydroxyl groups is 1. The molecule has 0 unspecified atom stereocenters. The summed E-state index contributed by atoms with van der Waals surface area (Å²) in [4.78, 5) is 0. The molecule has 0 saturated heterocycles.